The first-order valence-corrected chi connectivity index (χ1v) is 18.6. The van der Waals surface area contributed by atoms with Crippen LogP contribution in [0.3, 0.4) is 0 Å². The van der Waals surface area contributed by atoms with E-state index in [1.165, 1.54) is 16.3 Å². The first-order chi connectivity index (χ1) is 24.0. The summed E-state index contributed by atoms with van der Waals surface area (Å²) < 4.78 is 14.0. The van der Waals surface area contributed by atoms with Gasteiger partial charge in [-0.3, -0.25) is 0 Å². The minimum atomic E-state index is -2.67. The number of hydrogen-bond acceptors (Lipinski definition) is 3. The first-order valence-electron chi connectivity index (χ1n) is 16.5. The molecular weight excluding hydrogens is 615 g/mol. The Hall–Kier alpha value is -5.89. The minimum absolute atomic E-state index is 0.706. The Labute approximate surface area is 286 Å². The maximum Gasteiger partial charge on any atom is 0.160 e. The molecule has 0 saturated carbocycles. The zero-order valence-corrected chi connectivity index (χ0v) is 27.8. The van der Waals surface area contributed by atoms with Crippen LogP contribution in [0.4, 0.5) is 0 Å². The van der Waals surface area contributed by atoms with Gasteiger partial charge in [0.25, 0.3) is 0 Å². The molecule has 0 bridgehead atoms. The van der Waals surface area contributed by atoms with E-state index in [4.69, 9.17) is 9.97 Å². The van der Waals surface area contributed by atoms with Crippen LogP contribution < -0.4 is 10.6 Å². The lowest BCUT2D eigenvalue weighted by Gasteiger charge is -2.15. The predicted octanol–water partition coefficient (Wildman–Crippen LogP) is 10.9. The average Bonchev–Trinajstić information content (AvgIpc) is 3.40. The van der Waals surface area contributed by atoms with Gasteiger partial charge in [-0.25, -0.2) is 9.97 Å². The monoisotopic (exact) mass is 646 g/mol. The number of aromatic nitrogens is 2. The van der Waals surface area contributed by atoms with Gasteiger partial charge in [-0.05, 0) is 63.0 Å². The minimum Gasteiger partial charge on any atom is -0.314 e. The number of benzene rings is 7. The molecule has 1 aromatic heterocycles. The molecule has 8 aromatic rings. The lowest BCUT2D eigenvalue weighted by atomic mass is 9.91. The van der Waals surface area contributed by atoms with Gasteiger partial charge in [0, 0.05) is 27.3 Å². The second-order valence-corrected chi connectivity index (χ2v) is 15.5. The number of nitrogens with zero attached hydrogens (tertiary/aromatic N) is 2. The highest BCUT2D eigenvalue weighted by atomic mass is 31.2. The number of rotatable bonds is 5. The van der Waals surface area contributed by atoms with Crippen LogP contribution in [-0.4, -0.2) is 16.6 Å². The predicted molar refractivity (Wildman–Crippen MR) is 205 cm³/mol. The van der Waals surface area contributed by atoms with Crippen LogP contribution in [0.15, 0.2) is 170 Å². The summed E-state index contributed by atoms with van der Waals surface area (Å²) in [5.41, 5.74) is 11.5. The van der Waals surface area contributed by atoms with Crippen molar-refractivity contribution < 1.29 is 4.57 Å². The lowest BCUT2D eigenvalue weighted by Crippen LogP contribution is -2.08. The van der Waals surface area contributed by atoms with Crippen LogP contribution in [-0.2, 0) is 4.57 Å². The van der Waals surface area contributed by atoms with Crippen molar-refractivity contribution in [2.24, 2.45) is 0 Å². The molecule has 1 unspecified atom stereocenters. The maximum absolute atomic E-state index is 14.0. The van der Waals surface area contributed by atoms with Gasteiger partial charge in [0.05, 0.1) is 11.4 Å². The summed E-state index contributed by atoms with van der Waals surface area (Å²) in [4.78, 5) is 9.96. The van der Waals surface area contributed by atoms with Crippen LogP contribution in [0.5, 0.6) is 0 Å². The second-order valence-electron chi connectivity index (χ2n) is 12.7. The standard InChI is InChI=1S/C45H31N2OP/c1-49(48)43-19-11-10-18-39(43)40-25-24-34(28-44(40)49)36-27-26-35(37-16-8-9-17-38(36)37)30-20-22-32(23-21-30)42-29-41(31-12-4-2-5-13-31)46-45(47-42)33-14-6-3-7-15-33/h2-29H,1H3. The third-order valence-corrected chi connectivity index (χ3v) is 12.3. The van der Waals surface area contributed by atoms with Gasteiger partial charge in [-0.2, -0.15) is 0 Å². The summed E-state index contributed by atoms with van der Waals surface area (Å²) in [7, 11) is -2.67. The Bertz CT molecular complexity index is 2520. The largest absolute Gasteiger partial charge is 0.314 e. The van der Waals surface area contributed by atoms with E-state index in [2.05, 4.69) is 103 Å². The molecule has 1 aliphatic heterocycles. The molecule has 4 heteroatoms. The maximum atomic E-state index is 14.0. The molecule has 0 amide bonds. The molecule has 1 atom stereocenters. The molecule has 0 fully saturated rings. The van der Waals surface area contributed by atoms with Crippen LogP contribution in [0.1, 0.15) is 0 Å². The molecule has 1 aliphatic rings. The quantitative estimate of drug-likeness (QED) is 0.175. The first kappa shape index (κ1) is 29.3. The van der Waals surface area contributed by atoms with E-state index in [0.717, 1.165) is 66.5 Å². The molecule has 7 aromatic carbocycles. The van der Waals surface area contributed by atoms with Crippen LogP contribution >= 0.6 is 7.14 Å². The zero-order chi connectivity index (χ0) is 33.0. The summed E-state index contributed by atoms with van der Waals surface area (Å²) in [5, 5.41) is 4.25. The van der Waals surface area contributed by atoms with Crippen molar-refractivity contribution in [2.75, 3.05) is 6.66 Å². The van der Waals surface area contributed by atoms with E-state index in [1.807, 2.05) is 73.4 Å². The smallest absolute Gasteiger partial charge is 0.160 e. The Kier molecular flexibility index (Phi) is 6.97. The Morgan fingerprint density at radius 1 is 0.388 bits per heavy atom. The normalized spacial score (nSPS) is 14.8. The fraction of sp³-hybridized carbons (Fsp3) is 0.0222. The Morgan fingerprint density at radius 3 is 1.53 bits per heavy atom. The van der Waals surface area contributed by atoms with Crippen molar-refractivity contribution >= 4 is 28.5 Å². The molecule has 0 spiro atoms. The second kappa shape index (κ2) is 11.7. The number of hydrogen-bond donors (Lipinski definition) is 0. The fourth-order valence-corrected chi connectivity index (χ4v) is 9.50. The highest BCUT2D eigenvalue weighted by molar-refractivity contribution is 7.79. The van der Waals surface area contributed by atoms with E-state index >= 15 is 0 Å². The van der Waals surface area contributed by atoms with E-state index in [0.29, 0.717) is 5.82 Å². The topological polar surface area (TPSA) is 42.9 Å². The van der Waals surface area contributed by atoms with Gasteiger partial charge in [-0.15, -0.1) is 0 Å². The van der Waals surface area contributed by atoms with E-state index in [1.54, 1.807) is 0 Å². The van der Waals surface area contributed by atoms with Crippen molar-refractivity contribution in [2.45, 2.75) is 0 Å². The zero-order valence-electron chi connectivity index (χ0n) is 26.9. The van der Waals surface area contributed by atoms with Gasteiger partial charge < -0.3 is 4.57 Å². The third-order valence-electron chi connectivity index (χ3n) is 9.67. The summed E-state index contributed by atoms with van der Waals surface area (Å²) in [5.74, 6) is 0.706. The lowest BCUT2D eigenvalue weighted by molar-refractivity contribution is 0.591. The summed E-state index contributed by atoms with van der Waals surface area (Å²) in [6, 6.07) is 58.7. The molecule has 0 radical (unpaired) electrons. The summed E-state index contributed by atoms with van der Waals surface area (Å²) >= 11 is 0. The third kappa shape index (κ3) is 5.03. The molecule has 0 saturated heterocycles. The number of fused-ring (bicyclic) bond motifs is 4. The van der Waals surface area contributed by atoms with Gasteiger partial charge in [0.1, 0.15) is 7.14 Å². The average molecular weight is 647 g/mol. The fourth-order valence-electron chi connectivity index (χ4n) is 7.17. The Morgan fingerprint density at radius 2 is 0.857 bits per heavy atom. The summed E-state index contributed by atoms with van der Waals surface area (Å²) in [6.07, 6.45) is 0. The molecule has 2 heterocycles. The SMILES string of the molecule is CP1(=O)c2ccccc2-c2ccc(-c3ccc(-c4ccc(-c5cc(-c6ccccc6)nc(-c6ccccc6)n5)cc4)c4ccccc34)cc21. The molecule has 232 valence electrons. The van der Waals surface area contributed by atoms with Gasteiger partial charge >= 0.3 is 0 Å². The highest BCUT2D eigenvalue weighted by Gasteiger charge is 2.34. The van der Waals surface area contributed by atoms with Crippen molar-refractivity contribution in [3.63, 3.8) is 0 Å². The van der Waals surface area contributed by atoms with E-state index in [9.17, 15) is 4.57 Å². The van der Waals surface area contributed by atoms with Gasteiger partial charge in [-0.1, -0.05) is 158 Å². The molecule has 49 heavy (non-hydrogen) atoms. The summed E-state index contributed by atoms with van der Waals surface area (Å²) in [6.45, 7) is 1.90. The van der Waals surface area contributed by atoms with Crippen molar-refractivity contribution in [1.29, 1.82) is 0 Å². The van der Waals surface area contributed by atoms with Crippen molar-refractivity contribution in [3.05, 3.63) is 170 Å². The van der Waals surface area contributed by atoms with Crippen LogP contribution in [0.25, 0.3) is 78.1 Å². The molecule has 9 rings (SSSR count). The van der Waals surface area contributed by atoms with Gasteiger partial charge in [0.2, 0.25) is 0 Å². The molecule has 0 N–H and O–H groups in total. The Balaban J connectivity index is 1.11. The molecule has 0 aliphatic carbocycles. The van der Waals surface area contributed by atoms with E-state index in [-0.39, 0.29) is 0 Å². The highest BCUT2D eigenvalue weighted by Crippen LogP contribution is 2.51. The molecular formula is C45H31N2OP. The van der Waals surface area contributed by atoms with E-state index < -0.39 is 7.14 Å². The molecule has 3 nitrogen and oxygen atoms in total. The van der Waals surface area contributed by atoms with Crippen molar-refractivity contribution in [1.82, 2.24) is 9.97 Å². The van der Waals surface area contributed by atoms with Crippen molar-refractivity contribution in [3.8, 4) is 67.3 Å². The van der Waals surface area contributed by atoms with Crippen LogP contribution in [0, 0.1) is 0 Å². The van der Waals surface area contributed by atoms with Crippen LogP contribution in [0.2, 0.25) is 0 Å². The van der Waals surface area contributed by atoms with Gasteiger partial charge in [0.15, 0.2) is 5.82 Å².